The minimum absolute atomic E-state index is 0.00859. The Morgan fingerprint density at radius 1 is 1.32 bits per heavy atom. The van der Waals surface area contributed by atoms with Crippen molar-refractivity contribution in [1.82, 2.24) is 9.97 Å². The first kappa shape index (κ1) is 15.6. The molecule has 132 valence electrons. The van der Waals surface area contributed by atoms with Crippen LogP contribution in [0.15, 0.2) is 0 Å². The molecule has 2 amide bonds. The number of carbonyl (C=O) groups excluding carboxylic acids is 3. The number of carbonyl (C=O) groups is 3. The van der Waals surface area contributed by atoms with E-state index in [0.717, 1.165) is 12.8 Å². The molecule has 0 radical (unpaired) electrons. The number of anilines is 2. The Morgan fingerprint density at radius 2 is 2.12 bits per heavy atom. The summed E-state index contributed by atoms with van der Waals surface area (Å²) in [5.41, 5.74) is 5.78. The molecule has 1 aromatic rings. The predicted octanol–water partition coefficient (Wildman–Crippen LogP) is -0.595. The van der Waals surface area contributed by atoms with E-state index in [0.29, 0.717) is 0 Å². The molecule has 11 heteroatoms. The molecule has 0 bridgehead atoms. The summed E-state index contributed by atoms with van der Waals surface area (Å²) >= 11 is 0. The van der Waals surface area contributed by atoms with E-state index in [-0.39, 0.29) is 61.1 Å². The van der Waals surface area contributed by atoms with Crippen LogP contribution in [0.2, 0.25) is 0 Å². The predicted molar refractivity (Wildman–Crippen MR) is 81.2 cm³/mol. The first-order valence-electron chi connectivity index (χ1n) is 7.74. The van der Waals surface area contributed by atoms with Gasteiger partial charge in [-0.05, 0) is 12.8 Å². The fraction of sp³-hybridized carbons (Fsp3) is 0.500. The number of amides is 2. The molecule has 11 nitrogen and oxygen atoms in total. The molecule has 0 aromatic carbocycles. The molecule has 25 heavy (non-hydrogen) atoms. The third-order valence-corrected chi connectivity index (χ3v) is 4.40. The summed E-state index contributed by atoms with van der Waals surface area (Å²) in [5.74, 6) is -0.378. The maximum Gasteiger partial charge on any atom is 0.416 e. The van der Waals surface area contributed by atoms with Crippen LogP contribution >= 0.6 is 0 Å². The van der Waals surface area contributed by atoms with Gasteiger partial charge in [0.25, 0.3) is 24.1 Å². The molecule has 1 saturated carbocycles. The second-order valence-corrected chi connectivity index (χ2v) is 6.08. The van der Waals surface area contributed by atoms with Crippen molar-refractivity contribution in [3.63, 3.8) is 0 Å². The SMILES string of the molecule is N[C@H]1C[C@H](C2CN(c3nc4c(nc3OC=O)OCC(=O)N4)C(=O)O2)C1. The normalized spacial score (nSPS) is 27.6. The van der Waals surface area contributed by atoms with Gasteiger partial charge >= 0.3 is 6.09 Å². The van der Waals surface area contributed by atoms with Gasteiger partial charge in [0, 0.05) is 12.0 Å². The van der Waals surface area contributed by atoms with Gasteiger partial charge in [-0.1, -0.05) is 0 Å². The van der Waals surface area contributed by atoms with Crippen LogP contribution in [0.5, 0.6) is 11.8 Å². The number of hydrogen-bond donors (Lipinski definition) is 2. The van der Waals surface area contributed by atoms with Crippen LogP contribution in [0.3, 0.4) is 0 Å². The summed E-state index contributed by atoms with van der Waals surface area (Å²) in [6.45, 7) is 0.177. The zero-order chi connectivity index (χ0) is 17.6. The van der Waals surface area contributed by atoms with E-state index in [2.05, 4.69) is 15.3 Å². The second-order valence-electron chi connectivity index (χ2n) is 6.08. The van der Waals surface area contributed by atoms with Crippen molar-refractivity contribution in [1.29, 1.82) is 0 Å². The largest absolute Gasteiger partial charge is 0.465 e. The zero-order valence-electron chi connectivity index (χ0n) is 13.0. The van der Waals surface area contributed by atoms with Gasteiger partial charge in [0.05, 0.1) is 6.54 Å². The third-order valence-electron chi connectivity index (χ3n) is 4.40. The van der Waals surface area contributed by atoms with Crippen LogP contribution in [-0.4, -0.2) is 53.7 Å². The zero-order valence-corrected chi connectivity index (χ0v) is 13.0. The molecule has 3 N–H and O–H groups in total. The molecular formula is C14H15N5O6. The molecule has 1 unspecified atom stereocenters. The Morgan fingerprint density at radius 3 is 2.84 bits per heavy atom. The van der Waals surface area contributed by atoms with E-state index >= 15 is 0 Å². The summed E-state index contributed by atoms with van der Waals surface area (Å²) in [4.78, 5) is 43.8. The van der Waals surface area contributed by atoms with Gasteiger partial charge in [-0.25, -0.2) is 9.78 Å². The summed E-state index contributed by atoms with van der Waals surface area (Å²) in [7, 11) is 0. The van der Waals surface area contributed by atoms with Crippen molar-refractivity contribution in [2.45, 2.75) is 25.0 Å². The fourth-order valence-corrected chi connectivity index (χ4v) is 3.10. The van der Waals surface area contributed by atoms with Gasteiger partial charge < -0.3 is 25.3 Å². The van der Waals surface area contributed by atoms with E-state index in [1.165, 1.54) is 4.90 Å². The Bertz CT molecular complexity index is 749. The lowest BCUT2D eigenvalue weighted by Gasteiger charge is -2.35. The molecule has 2 fully saturated rings. The molecule has 1 atom stereocenters. The van der Waals surface area contributed by atoms with Crippen LogP contribution < -0.4 is 25.4 Å². The Hall–Kier alpha value is -2.95. The number of nitrogens with zero attached hydrogens (tertiary/aromatic N) is 3. The van der Waals surface area contributed by atoms with Crippen LogP contribution in [-0.2, 0) is 14.3 Å². The fourth-order valence-electron chi connectivity index (χ4n) is 3.10. The molecular weight excluding hydrogens is 334 g/mol. The minimum Gasteiger partial charge on any atom is -0.465 e. The van der Waals surface area contributed by atoms with Gasteiger partial charge in [-0.15, -0.1) is 0 Å². The highest BCUT2D eigenvalue weighted by atomic mass is 16.6. The quantitative estimate of drug-likeness (QED) is 0.680. The van der Waals surface area contributed by atoms with Crippen LogP contribution in [0.25, 0.3) is 0 Å². The van der Waals surface area contributed by atoms with E-state index in [1.54, 1.807) is 0 Å². The van der Waals surface area contributed by atoms with Crippen molar-refractivity contribution in [2.75, 3.05) is 23.4 Å². The van der Waals surface area contributed by atoms with Crippen molar-refractivity contribution in [3.8, 4) is 11.8 Å². The molecule has 4 rings (SSSR count). The molecule has 3 heterocycles. The van der Waals surface area contributed by atoms with Gasteiger partial charge in [0.2, 0.25) is 5.82 Å². The highest BCUT2D eigenvalue weighted by Crippen LogP contribution is 2.38. The van der Waals surface area contributed by atoms with Gasteiger partial charge in [-0.3, -0.25) is 14.5 Å². The first-order chi connectivity index (χ1) is 12.0. The molecule has 3 aliphatic rings. The van der Waals surface area contributed by atoms with Crippen molar-refractivity contribution in [2.24, 2.45) is 11.7 Å². The first-order valence-corrected chi connectivity index (χ1v) is 7.74. The minimum atomic E-state index is -0.626. The van der Waals surface area contributed by atoms with E-state index in [9.17, 15) is 14.4 Å². The number of aromatic nitrogens is 2. The highest BCUT2D eigenvalue weighted by Gasteiger charge is 2.44. The maximum atomic E-state index is 12.2. The molecule has 0 spiro atoms. The number of rotatable bonds is 4. The highest BCUT2D eigenvalue weighted by molar-refractivity contribution is 5.95. The van der Waals surface area contributed by atoms with Crippen LogP contribution in [0, 0.1) is 5.92 Å². The molecule has 2 aliphatic heterocycles. The number of nitrogens with two attached hydrogens (primary N) is 1. The van der Waals surface area contributed by atoms with Gasteiger partial charge in [-0.2, -0.15) is 4.98 Å². The summed E-state index contributed by atoms with van der Waals surface area (Å²) in [6, 6.07) is 0.127. The summed E-state index contributed by atoms with van der Waals surface area (Å²) in [6.07, 6.45) is 0.616. The van der Waals surface area contributed by atoms with Crippen molar-refractivity contribution < 1.29 is 28.6 Å². The molecule has 1 saturated heterocycles. The molecule has 1 aromatic heterocycles. The standard InChI is InChI=1S/C14H15N5O6/c15-7-1-6(2-7)8-3-19(14(22)25-8)11-13(24-5-20)18-12-10(17-11)16-9(21)4-23-12/h5-8H,1-4,15H2,(H,16,17,21)/t6-,7-,8?. The summed E-state index contributed by atoms with van der Waals surface area (Å²) in [5, 5.41) is 2.49. The smallest absolute Gasteiger partial charge is 0.416 e. The van der Waals surface area contributed by atoms with Crippen LogP contribution in [0.4, 0.5) is 16.4 Å². The topological polar surface area (TPSA) is 146 Å². The Kier molecular flexibility index (Phi) is 3.64. The lowest BCUT2D eigenvalue weighted by molar-refractivity contribution is -0.121. The number of ether oxygens (including phenoxy) is 3. The Balaban J connectivity index is 1.64. The van der Waals surface area contributed by atoms with Gasteiger partial charge in [0.1, 0.15) is 6.10 Å². The Labute approximate surface area is 141 Å². The van der Waals surface area contributed by atoms with Crippen LogP contribution in [0.1, 0.15) is 12.8 Å². The van der Waals surface area contributed by atoms with Crippen molar-refractivity contribution >= 4 is 30.1 Å². The number of fused-ring (bicyclic) bond motifs is 1. The molecule has 1 aliphatic carbocycles. The van der Waals surface area contributed by atoms with Gasteiger partial charge in [0.15, 0.2) is 12.4 Å². The number of cyclic esters (lactones) is 1. The number of nitrogens with one attached hydrogen (secondary N) is 1. The maximum absolute atomic E-state index is 12.2. The van der Waals surface area contributed by atoms with E-state index < -0.39 is 12.0 Å². The average molecular weight is 349 g/mol. The lowest BCUT2D eigenvalue weighted by atomic mass is 9.77. The van der Waals surface area contributed by atoms with E-state index in [4.69, 9.17) is 19.9 Å². The average Bonchev–Trinajstić information content (AvgIpc) is 2.93. The monoisotopic (exact) mass is 349 g/mol. The number of hydrogen-bond acceptors (Lipinski definition) is 9. The van der Waals surface area contributed by atoms with E-state index in [1.807, 2.05) is 0 Å². The second kappa shape index (κ2) is 5.84. The van der Waals surface area contributed by atoms with Crippen molar-refractivity contribution in [3.05, 3.63) is 0 Å². The lowest BCUT2D eigenvalue weighted by Crippen LogP contribution is -2.43. The third kappa shape index (κ3) is 2.71. The summed E-state index contributed by atoms with van der Waals surface area (Å²) < 4.78 is 15.3.